The molecule has 0 aromatic heterocycles. The van der Waals surface area contributed by atoms with Crippen molar-refractivity contribution in [3.63, 3.8) is 0 Å². The van der Waals surface area contributed by atoms with Gasteiger partial charge in [0.05, 0.1) is 5.75 Å². The third kappa shape index (κ3) is 3.87. The first-order valence-corrected chi connectivity index (χ1v) is 6.85. The third-order valence-corrected chi connectivity index (χ3v) is 3.80. The van der Waals surface area contributed by atoms with Gasteiger partial charge in [0.2, 0.25) is 10.0 Å². The standard InChI is InChI=1S/C7H16BrNO2S/c1-3-6-9(7-5-8)12(10,11)4-2/h3-7H2,1-2H3. The van der Waals surface area contributed by atoms with Crippen LogP contribution in [0, 0.1) is 0 Å². The second-order valence-corrected chi connectivity index (χ2v) is 5.54. The number of halogens is 1. The summed E-state index contributed by atoms with van der Waals surface area (Å²) >= 11 is 3.24. The van der Waals surface area contributed by atoms with Crippen molar-refractivity contribution < 1.29 is 8.42 Å². The molecular weight excluding hydrogens is 242 g/mol. The minimum atomic E-state index is -2.98. The Morgan fingerprint density at radius 1 is 1.25 bits per heavy atom. The van der Waals surface area contributed by atoms with Gasteiger partial charge in [0.15, 0.2) is 0 Å². The predicted molar refractivity (Wildman–Crippen MR) is 55.1 cm³/mol. The highest BCUT2D eigenvalue weighted by Gasteiger charge is 2.17. The molecular formula is C7H16BrNO2S. The van der Waals surface area contributed by atoms with E-state index in [1.54, 1.807) is 6.92 Å². The number of sulfonamides is 1. The van der Waals surface area contributed by atoms with Gasteiger partial charge in [0.1, 0.15) is 0 Å². The molecule has 0 heterocycles. The monoisotopic (exact) mass is 257 g/mol. The smallest absolute Gasteiger partial charge is 0.212 e. The number of rotatable bonds is 6. The van der Waals surface area contributed by atoms with Crippen molar-refractivity contribution in [1.82, 2.24) is 4.31 Å². The zero-order chi connectivity index (χ0) is 9.61. The van der Waals surface area contributed by atoms with Gasteiger partial charge in [-0.05, 0) is 13.3 Å². The Morgan fingerprint density at radius 2 is 1.83 bits per heavy atom. The minimum Gasteiger partial charge on any atom is -0.212 e. The lowest BCUT2D eigenvalue weighted by Gasteiger charge is -2.19. The third-order valence-electron chi connectivity index (χ3n) is 1.57. The summed E-state index contributed by atoms with van der Waals surface area (Å²) in [6.07, 6.45) is 0.867. The van der Waals surface area contributed by atoms with Crippen LogP contribution in [0.4, 0.5) is 0 Å². The summed E-state index contributed by atoms with van der Waals surface area (Å²) in [5.41, 5.74) is 0. The molecule has 0 saturated carbocycles. The average Bonchev–Trinajstić information content (AvgIpc) is 2.04. The maximum Gasteiger partial charge on any atom is 0.213 e. The summed E-state index contributed by atoms with van der Waals surface area (Å²) < 4.78 is 24.3. The van der Waals surface area contributed by atoms with Crippen LogP contribution in [0.15, 0.2) is 0 Å². The van der Waals surface area contributed by atoms with E-state index in [2.05, 4.69) is 15.9 Å². The molecule has 0 saturated heterocycles. The lowest BCUT2D eigenvalue weighted by Crippen LogP contribution is -2.34. The van der Waals surface area contributed by atoms with Gasteiger partial charge in [-0.3, -0.25) is 0 Å². The number of nitrogens with zero attached hydrogens (tertiary/aromatic N) is 1. The summed E-state index contributed by atoms with van der Waals surface area (Å²) in [6.45, 7) is 4.85. The molecule has 0 atom stereocenters. The molecule has 0 radical (unpaired) electrons. The van der Waals surface area contributed by atoms with Crippen LogP contribution in [-0.4, -0.2) is 36.9 Å². The van der Waals surface area contributed by atoms with Crippen molar-refractivity contribution in [3.05, 3.63) is 0 Å². The molecule has 0 N–H and O–H groups in total. The van der Waals surface area contributed by atoms with Gasteiger partial charge in [-0.25, -0.2) is 12.7 Å². The fraction of sp³-hybridized carbons (Fsp3) is 1.00. The Kier molecular flexibility index (Phi) is 6.13. The maximum absolute atomic E-state index is 11.4. The van der Waals surface area contributed by atoms with E-state index in [1.807, 2.05) is 6.92 Å². The van der Waals surface area contributed by atoms with E-state index in [-0.39, 0.29) is 5.75 Å². The molecule has 0 aliphatic heterocycles. The van der Waals surface area contributed by atoms with Crippen molar-refractivity contribution in [2.45, 2.75) is 20.3 Å². The summed E-state index contributed by atoms with van der Waals surface area (Å²) in [5, 5.41) is 0.701. The Balaban J connectivity index is 4.28. The van der Waals surface area contributed by atoms with Gasteiger partial charge in [-0.2, -0.15) is 0 Å². The second kappa shape index (κ2) is 5.94. The molecule has 0 rings (SSSR count). The van der Waals surface area contributed by atoms with E-state index in [4.69, 9.17) is 0 Å². The Hall–Kier alpha value is 0.390. The molecule has 5 heteroatoms. The quantitative estimate of drug-likeness (QED) is 0.676. The van der Waals surface area contributed by atoms with Crippen LogP contribution >= 0.6 is 15.9 Å². The average molecular weight is 258 g/mol. The van der Waals surface area contributed by atoms with Gasteiger partial charge in [-0.1, -0.05) is 22.9 Å². The van der Waals surface area contributed by atoms with Gasteiger partial charge >= 0.3 is 0 Å². The van der Waals surface area contributed by atoms with E-state index in [0.29, 0.717) is 18.4 Å². The van der Waals surface area contributed by atoms with Crippen LogP contribution < -0.4 is 0 Å². The van der Waals surface area contributed by atoms with Gasteiger partial charge < -0.3 is 0 Å². The zero-order valence-corrected chi connectivity index (χ0v) is 9.99. The summed E-state index contributed by atoms with van der Waals surface area (Å²) in [5.74, 6) is 0.194. The molecule has 0 amide bonds. The molecule has 74 valence electrons. The first-order chi connectivity index (χ1) is 5.58. The molecule has 0 spiro atoms. The number of hydrogen-bond donors (Lipinski definition) is 0. The summed E-state index contributed by atoms with van der Waals surface area (Å²) in [4.78, 5) is 0. The largest absolute Gasteiger partial charge is 0.213 e. The van der Waals surface area contributed by atoms with Crippen molar-refractivity contribution in [1.29, 1.82) is 0 Å². The highest BCUT2D eigenvalue weighted by atomic mass is 79.9. The van der Waals surface area contributed by atoms with Crippen molar-refractivity contribution in [2.24, 2.45) is 0 Å². The molecule has 0 aromatic rings. The molecule has 0 unspecified atom stereocenters. The Labute approximate surface area is 83.3 Å². The van der Waals surface area contributed by atoms with Crippen LogP contribution in [0.1, 0.15) is 20.3 Å². The number of hydrogen-bond acceptors (Lipinski definition) is 2. The van der Waals surface area contributed by atoms with Crippen LogP contribution in [0.25, 0.3) is 0 Å². The lowest BCUT2D eigenvalue weighted by atomic mass is 10.5. The topological polar surface area (TPSA) is 37.4 Å². The minimum absolute atomic E-state index is 0.194. The van der Waals surface area contributed by atoms with Gasteiger partial charge in [-0.15, -0.1) is 0 Å². The number of alkyl halides is 1. The fourth-order valence-corrected chi connectivity index (χ4v) is 2.77. The van der Waals surface area contributed by atoms with E-state index in [1.165, 1.54) is 4.31 Å². The fourth-order valence-electron chi connectivity index (χ4n) is 0.916. The normalized spacial score (nSPS) is 12.3. The van der Waals surface area contributed by atoms with Crippen LogP contribution in [0.2, 0.25) is 0 Å². The molecule has 12 heavy (non-hydrogen) atoms. The van der Waals surface area contributed by atoms with Crippen molar-refractivity contribution in [2.75, 3.05) is 24.2 Å². The molecule has 3 nitrogen and oxygen atoms in total. The molecule has 0 aliphatic rings. The Morgan fingerprint density at radius 3 is 2.17 bits per heavy atom. The van der Waals surface area contributed by atoms with Crippen LogP contribution in [-0.2, 0) is 10.0 Å². The highest BCUT2D eigenvalue weighted by Crippen LogP contribution is 2.03. The first-order valence-electron chi connectivity index (χ1n) is 4.12. The van der Waals surface area contributed by atoms with Gasteiger partial charge in [0, 0.05) is 18.4 Å². The summed E-state index contributed by atoms with van der Waals surface area (Å²) in [6, 6.07) is 0. The van der Waals surface area contributed by atoms with Crippen LogP contribution in [0.3, 0.4) is 0 Å². The van der Waals surface area contributed by atoms with Gasteiger partial charge in [0.25, 0.3) is 0 Å². The molecule has 0 bridgehead atoms. The van der Waals surface area contributed by atoms with E-state index < -0.39 is 10.0 Å². The van der Waals surface area contributed by atoms with Crippen molar-refractivity contribution >= 4 is 26.0 Å². The summed E-state index contributed by atoms with van der Waals surface area (Å²) in [7, 11) is -2.98. The van der Waals surface area contributed by atoms with E-state index >= 15 is 0 Å². The molecule has 0 fully saturated rings. The SMILES string of the molecule is CCCN(CCBr)S(=O)(=O)CC. The highest BCUT2D eigenvalue weighted by molar-refractivity contribution is 9.09. The zero-order valence-electron chi connectivity index (χ0n) is 7.59. The maximum atomic E-state index is 11.4. The first kappa shape index (κ1) is 12.4. The molecule has 0 aliphatic carbocycles. The van der Waals surface area contributed by atoms with E-state index in [9.17, 15) is 8.42 Å². The molecule has 0 aromatic carbocycles. The van der Waals surface area contributed by atoms with E-state index in [0.717, 1.165) is 6.42 Å². The predicted octanol–water partition coefficient (Wildman–Crippen LogP) is 1.44. The second-order valence-electron chi connectivity index (χ2n) is 2.49. The van der Waals surface area contributed by atoms with Crippen LogP contribution in [0.5, 0.6) is 0 Å². The lowest BCUT2D eigenvalue weighted by molar-refractivity contribution is 0.431. The van der Waals surface area contributed by atoms with Crippen molar-refractivity contribution in [3.8, 4) is 0 Å². The Bertz CT molecular complexity index is 197.